The third-order valence-electron chi connectivity index (χ3n) is 3.80. The van der Waals surface area contributed by atoms with Crippen LogP contribution in [0.25, 0.3) is 10.8 Å². The van der Waals surface area contributed by atoms with Crippen molar-refractivity contribution in [1.29, 1.82) is 0 Å². The van der Waals surface area contributed by atoms with E-state index in [1.54, 1.807) is 36.4 Å². The van der Waals surface area contributed by atoms with E-state index in [1.807, 2.05) is 18.2 Å². The minimum Gasteiger partial charge on any atom is -0.507 e. The molecule has 3 aromatic carbocycles. The van der Waals surface area contributed by atoms with E-state index in [1.165, 1.54) is 14.2 Å². The van der Waals surface area contributed by atoms with Crippen LogP contribution in [-0.2, 0) is 0 Å². The average Bonchev–Trinajstić information content (AvgIpc) is 2.63. The molecule has 0 fully saturated rings. The Labute approximate surface area is 139 Å². The van der Waals surface area contributed by atoms with E-state index in [0.717, 1.165) is 5.39 Å². The molecule has 24 heavy (non-hydrogen) atoms. The molecule has 0 aromatic heterocycles. The molecule has 0 heterocycles. The molecule has 0 unspecified atom stereocenters. The molecular formula is C19H17NO4. The van der Waals surface area contributed by atoms with Crippen LogP contribution >= 0.6 is 0 Å². The Morgan fingerprint density at radius 1 is 0.958 bits per heavy atom. The van der Waals surface area contributed by atoms with Crippen molar-refractivity contribution in [2.45, 2.75) is 0 Å². The number of carbonyl (C=O) groups excluding carboxylic acids is 1. The lowest BCUT2D eigenvalue weighted by Gasteiger charge is -2.13. The number of nitrogens with one attached hydrogen (secondary N) is 1. The minimum atomic E-state index is -0.318. The second kappa shape index (κ2) is 6.50. The molecule has 3 aromatic rings. The van der Waals surface area contributed by atoms with Crippen molar-refractivity contribution in [3.8, 4) is 17.2 Å². The van der Waals surface area contributed by atoms with E-state index in [4.69, 9.17) is 9.47 Å². The van der Waals surface area contributed by atoms with Gasteiger partial charge in [-0.3, -0.25) is 4.79 Å². The quantitative estimate of drug-likeness (QED) is 0.716. The summed E-state index contributed by atoms with van der Waals surface area (Å²) in [5.74, 6) is 0.872. The number of hydrogen-bond acceptors (Lipinski definition) is 4. The molecule has 1 amide bonds. The van der Waals surface area contributed by atoms with Gasteiger partial charge in [0.15, 0.2) is 0 Å². The zero-order valence-corrected chi connectivity index (χ0v) is 13.4. The zero-order valence-electron chi connectivity index (χ0n) is 13.4. The van der Waals surface area contributed by atoms with Gasteiger partial charge in [-0.15, -0.1) is 0 Å². The fourth-order valence-electron chi connectivity index (χ4n) is 2.57. The van der Waals surface area contributed by atoms with Crippen molar-refractivity contribution in [3.63, 3.8) is 0 Å². The summed E-state index contributed by atoms with van der Waals surface area (Å²) in [4.78, 5) is 12.7. The van der Waals surface area contributed by atoms with Gasteiger partial charge >= 0.3 is 0 Å². The fourth-order valence-corrected chi connectivity index (χ4v) is 2.57. The van der Waals surface area contributed by atoms with E-state index in [-0.39, 0.29) is 11.7 Å². The van der Waals surface area contributed by atoms with E-state index in [2.05, 4.69) is 5.32 Å². The summed E-state index contributed by atoms with van der Waals surface area (Å²) in [6.45, 7) is 0. The van der Waals surface area contributed by atoms with Crippen LogP contribution in [0.5, 0.6) is 17.2 Å². The molecule has 0 saturated carbocycles. The van der Waals surface area contributed by atoms with Crippen molar-refractivity contribution in [2.24, 2.45) is 0 Å². The lowest BCUT2D eigenvalue weighted by molar-refractivity contribution is 0.102. The Bertz CT molecular complexity index is 905. The van der Waals surface area contributed by atoms with E-state index in [0.29, 0.717) is 28.1 Å². The Morgan fingerprint density at radius 3 is 2.42 bits per heavy atom. The van der Waals surface area contributed by atoms with Gasteiger partial charge in [0.05, 0.1) is 19.8 Å². The molecule has 0 atom stereocenters. The Balaban J connectivity index is 2.01. The molecule has 0 aliphatic rings. The summed E-state index contributed by atoms with van der Waals surface area (Å²) in [6.07, 6.45) is 0. The summed E-state index contributed by atoms with van der Waals surface area (Å²) in [7, 11) is 3.05. The molecule has 2 N–H and O–H groups in total. The van der Waals surface area contributed by atoms with Gasteiger partial charge in [-0.1, -0.05) is 24.3 Å². The molecular weight excluding hydrogens is 306 g/mol. The summed E-state index contributed by atoms with van der Waals surface area (Å²) in [5, 5.41) is 14.2. The number of carbonyl (C=O) groups is 1. The van der Waals surface area contributed by atoms with E-state index >= 15 is 0 Å². The van der Waals surface area contributed by atoms with E-state index in [9.17, 15) is 9.90 Å². The third kappa shape index (κ3) is 2.84. The second-order valence-corrected chi connectivity index (χ2v) is 5.20. The van der Waals surface area contributed by atoms with Crippen molar-refractivity contribution < 1.29 is 19.4 Å². The third-order valence-corrected chi connectivity index (χ3v) is 3.80. The predicted octanol–water partition coefficient (Wildman–Crippen LogP) is 3.81. The first-order valence-electron chi connectivity index (χ1n) is 7.38. The number of aromatic hydroxyl groups is 1. The highest BCUT2D eigenvalue weighted by atomic mass is 16.5. The molecule has 5 heteroatoms. The minimum absolute atomic E-state index is 0.169. The first-order chi connectivity index (χ1) is 11.6. The Morgan fingerprint density at radius 2 is 1.71 bits per heavy atom. The topological polar surface area (TPSA) is 67.8 Å². The zero-order chi connectivity index (χ0) is 17.1. The number of amides is 1. The number of phenolic OH excluding ortho intramolecular Hbond substituents is 1. The summed E-state index contributed by atoms with van der Waals surface area (Å²) in [6, 6.07) is 15.6. The number of anilines is 1. The molecule has 0 spiro atoms. The van der Waals surface area contributed by atoms with Crippen molar-refractivity contribution in [1.82, 2.24) is 0 Å². The fraction of sp³-hybridized carbons (Fsp3) is 0.105. The monoisotopic (exact) mass is 323 g/mol. The van der Waals surface area contributed by atoms with Gasteiger partial charge in [-0.2, -0.15) is 0 Å². The van der Waals surface area contributed by atoms with Crippen molar-refractivity contribution in [2.75, 3.05) is 19.5 Å². The van der Waals surface area contributed by atoms with Crippen LogP contribution in [0.2, 0.25) is 0 Å². The van der Waals surface area contributed by atoms with Gasteiger partial charge in [0.25, 0.3) is 5.91 Å². The van der Waals surface area contributed by atoms with Crippen molar-refractivity contribution in [3.05, 3.63) is 60.2 Å². The van der Waals surface area contributed by atoms with Crippen molar-refractivity contribution >= 4 is 22.4 Å². The maximum Gasteiger partial charge on any atom is 0.259 e. The number of phenols is 1. The first kappa shape index (κ1) is 15.7. The highest BCUT2D eigenvalue weighted by Gasteiger charge is 2.15. The smallest absolute Gasteiger partial charge is 0.259 e. The lowest BCUT2D eigenvalue weighted by atomic mass is 10.1. The van der Waals surface area contributed by atoms with Gasteiger partial charge < -0.3 is 19.9 Å². The molecule has 0 radical (unpaired) electrons. The first-order valence-corrected chi connectivity index (χ1v) is 7.38. The van der Waals surface area contributed by atoms with Crippen LogP contribution in [0.4, 0.5) is 5.69 Å². The van der Waals surface area contributed by atoms with Crippen LogP contribution in [0.1, 0.15) is 10.4 Å². The SMILES string of the molecule is COc1ccc(OC)c(C(=O)Nc2ccc(O)c3ccccc23)c1. The molecule has 3 rings (SSSR count). The molecule has 0 aliphatic carbocycles. The van der Waals surface area contributed by atoms with Crippen LogP contribution in [-0.4, -0.2) is 25.2 Å². The highest BCUT2D eigenvalue weighted by Crippen LogP contribution is 2.32. The highest BCUT2D eigenvalue weighted by molar-refractivity contribution is 6.11. The van der Waals surface area contributed by atoms with Gasteiger partial charge in [-0.05, 0) is 30.3 Å². The maximum atomic E-state index is 12.7. The number of benzene rings is 3. The van der Waals surface area contributed by atoms with Crippen LogP contribution in [0, 0.1) is 0 Å². The number of ether oxygens (including phenoxy) is 2. The Kier molecular flexibility index (Phi) is 4.24. The van der Waals surface area contributed by atoms with Gasteiger partial charge in [0, 0.05) is 16.5 Å². The number of methoxy groups -OCH3 is 2. The normalized spacial score (nSPS) is 10.4. The van der Waals surface area contributed by atoms with Gasteiger partial charge in [-0.25, -0.2) is 0 Å². The Hall–Kier alpha value is -3.21. The molecule has 0 aliphatic heterocycles. The molecule has 5 nitrogen and oxygen atoms in total. The number of rotatable bonds is 4. The summed E-state index contributed by atoms with van der Waals surface area (Å²) >= 11 is 0. The van der Waals surface area contributed by atoms with Gasteiger partial charge in [0.2, 0.25) is 0 Å². The predicted molar refractivity (Wildman–Crippen MR) is 93.1 cm³/mol. The second-order valence-electron chi connectivity index (χ2n) is 5.20. The van der Waals surface area contributed by atoms with E-state index < -0.39 is 0 Å². The lowest BCUT2D eigenvalue weighted by Crippen LogP contribution is -2.13. The van der Waals surface area contributed by atoms with Crippen LogP contribution < -0.4 is 14.8 Å². The van der Waals surface area contributed by atoms with Gasteiger partial charge in [0.1, 0.15) is 17.2 Å². The maximum absolute atomic E-state index is 12.7. The standard InChI is InChI=1S/C19H17NO4/c1-23-12-7-10-18(24-2)15(11-12)19(22)20-16-8-9-17(21)14-6-4-3-5-13(14)16/h3-11,21H,1-2H3,(H,20,22). The molecule has 122 valence electrons. The summed E-state index contributed by atoms with van der Waals surface area (Å²) < 4.78 is 10.4. The summed E-state index contributed by atoms with van der Waals surface area (Å²) in [5.41, 5.74) is 0.979. The average molecular weight is 323 g/mol. The molecule has 0 saturated heterocycles. The number of fused-ring (bicyclic) bond motifs is 1. The van der Waals surface area contributed by atoms with Crippen LogP contribution in [0.15, 0.2) is 54.6 Å². The van der Waals surface area contributed by atoms with Crippen LogP contribution in [0.3, 0.4) is 0 Å². The largest absolute Gasteiger partial charge is 0.507 e. The molecule has 0 bridgehead atoms. The number of hydrogen-bond donors (Lipinski definition) is 2.